The average molecular weight is 333 g/mol. The topological polar surface area (TPSA) is 52.7 Å². The van der Waals surface area contributed by atoms with Crippen LogP contribution >= 0.6 is 0 Å². The van der Waals surface area contributed by atoms with E-state index in [0.29, 0.717) is 13.0 Å². The maximum Gasteiger partial charge on any atom is 0.226 e. The summed E-state index contributed by atoms with van der Waals surface area (Å²) in [5, 5.41) is 2.90. The van der Waals surface area contributed by atoms with Crippen molar-refractivity contribution in [2.45, 2.75) is 47.0 Å². The molecule has 1 rings (SSSR count). The Morgan fingerprint density at radius 1 is 1.00 bits per heavy atom. The maximum atomic E-state index is 12.1. The van der Waals surface area contributed by atoms with Crippen molar-refractivity contribution in [2.24, 2.45) is 0 Å². The number of carbonyl (C=O) groups excluding carboxylic acids is 2. The molecule has 24 heavy (non-hydrogen) atoms. The van der Waals surface area contributed by atoms with Crippen LogP contribution in [0.15, 0.2) is 24.3 Å². The summed E-state index contributed by atoms with van der Waals surface area (Å²) in [6, 6.07) is 7.88. The SMILES string of the molecule is CCCCN(CCC(=O)Nc1ccc(N(CC)CC)cc1)C(C)=O. The molecule has 0 saturated heterocycles. The van der Waals surface area contributed by atoms with E-state index in [4.69, 9.17) is 0 Å². The zero-order chi connectivity index (χ0) is 17.9. The summed E-state index contributed by atoms with van der Waals surface area (Å²) < 4.78 is 0. The number of nitrogens with zero attached hydrogens (tertiary/aromatic N) is 2. The largest absolute Gasteiger partial charge is 0.372 e. The Hall–Kier alpha value is -2.04. The molecule has 0 aliphatic carbocycles. The zero-order valence-corrected chi connectivity index (χ0v) is 15.5. The van der Waals surface area contributed by atoms with Gasteiger partial charge in [0.05, 0.1) is 0 Å². The predicted octanol–water partition coefficient (Wildman–Crippen LogP) is 3.51. The Balaban J connectivity index is 2.51. The number of amides is 2. The van der Waals surface area contributed by atoms with Gasteiger partial charge in [0.15, 0.2) is 0 Å². The van der Waals surface area contributed by atoms with Crippen LogP contribution in [0, 0.1) is 0 Å². The highest BCUT2D eigenvalue weighted by molar-refractivity contribution is 5.91. The summed E-state index contributed by atoms with van der Waals surface area (Å²) >= 11 is 0. The molecule has 134 valence electrons. The Labute approximate surface area is 146 Å². The molecule has 0 atom stereocenters. The average Bonchev–Trinajstić information content (AvgIpc) is 2.57. The van der Waals surface area contributed by atoms with Crippen LogP contribution in [0.4, 0.5) is 11.4 Å². The first-order valence-electron chi connectivity index (χ1n) is 8.92. The monoisotopic (exact) mass is 333 g/mol. The standard InChI is InChI=1S/C19H31N3O2/c1-5-8-14-22(16(4)23)15-13-19(24)20-17-9-11-18(12-10-17)21(6-2)7-3/h9-12H,5-8,13-15H2,1-4H3,(H,20,24). The Morgan fingerprint density at radius 2 is 1.62 bits per heavy atom. The van der Waals surface area contributed by atoms with Crippen LogP contribution in [0.1, 0.15) is 47.0 Å². The second-order valence-corrected chi connectivity index (χ2v) is 5.88. The van der Waals surface area contributed by atoms with Gasteiger partial charge in [-0.2, -0.15) is 0 Å². The van der Waals surface area contributed by atoms with Gasteiger partial charge in [-0.3, -0.25) is 9.59 Å². The number of carbonyl (C=O) groups is 2. The van der Waals surface area contributed by atoms with Crippen molar-refractivity contribution in [1.29, 1.82) is 0 Å². The van der Waals surface area contributed by atoms with Crippen LogP contribution in [-0.4, -0.2) is 42.9 Å². The van der Waals surface area contributed by atoms with Crippen LogP contribution < -0.4 is 10.2 Å². The van der Waals surface area contributed by atoms with Gasteiger partial charge in [-0.25, -0.2) is 0 Å². The van der Waals surface area contributed by atoms with E-state index in [0.717, 1.165) is 43.9 Å². The number of rotatable bonds is 10. The van der Waals surface area contributed by atoms with Gasteiger partial charge in [0, 0.05) is 50.9 Å². The lowest BCUT2D eigenvalue weighted by atomic mass is 10.2. The number of hydrogen-bond donors (Lipinski definition) is 1. The van der Waals surface area contributed by atoms with Gasteiger partial charge in [0.2, 0.25) is 11.8 Å². The molecule has 0 radical (unpaired) electrons. The first kappa shape index (κ1) is 20.0. The quantitative estimate of drug-likeness (QED) is 0.713. The summed E-state index contributed by atoms with van der Waals surface area (Å²) in [6.07, 6.45) is 2.32. The van der Waals surface area contributed by atoms with Crippen LogP contribution in [0.5, 0.6) is 0 Å². The molecule has 1 aromatic carbocycles. The van der Waals surface area contributed by atoms with Gasteiger partial charge in [-0.05, 0) is 44.5 Å². The van der Waals surface area contributed by atoms with E-state index in [9.17, 15) is 9.59 Å². The van der Waals surface area contributed by atoms with Gasteiger partial charge in [0.25, 0.3) is 0 Å². The molecule has 0 aromatic heterocycles. The van der Waals surface area contributed by atoms with Crippen molar-refractivity contribution in [2.75, 3.05) is 36.4 Å². The minimum atomic E-state index is -0.0617. The highest BCUT2D eigenvalue weighted by Gasteiger charge is 2.11. The van der Waals surface area contributed by atoms with Gasteiger partial charge in [0.1, 0.15) is 0 Å². The third-order valence-electron chi connectivity index (χ3n) is 4.12. The third-order valence-corrected chi connectivity index (χ3v) is 4.12. The van der Waals surface area contributed by atoms with Crippen LogP contribution in [0.25, 0.3) is 0 Å². The minimum Gasteiger partial charge on any atom is -0.372 e. The van der Waals surface area contributed by atoms with Crippen LogP contribution in [0.3, 0.4) is 0 Å². The van der Waals surface area contributed by atoms with Crippen molar-refractivity contribution < 1.29 is 9.59 Å². The van der Waals surface area contributed by atoms with E-state index in [2.05, 4.69) is 31.0 Å². The zero-order valence-electron chi connectivity index (χ0n) is 15.5. The molecular formula is C19H31N3O2. The van der Waals surface area contributed by atoms with E-state index < -0.39 is 0 Å². The van der Waals surface area contributed by atoms with Crippen LogP contribution in [0.2, 0.25) is 0 Å². The smallest absolute Gasteiger partial charge is 0.226 e. The summed E-state index contributed by atoms with van der Waals surface area (Å²) in [4.78, 5) is 27.7. The molecule has 0 aliphatic heterocycles. The van der Waals surface area contributed by atoms with E-state index in [1.807, 2.05) is 24.3 Å². The van der Waals surface area contributed by atoms with Gasteiger partial charge in [-0.15, -0.1) is 0 Å². The first-order valence-corrected chi connectivity index (χ1v) is 8.92. The van der Waals surface area contributed by atoms with Crippen molar-refractivity contribution >= 4 is 23.2 Å². The summed E-state index contributed by atoms with van der Waals surface area (Å²) in [6.45, 7) is 11.0. The molecule has 0 unspecified atom stereocenters. The lowest BCUT2D eigenvalue weighted by molar-refractivity contribution is -0.129. The lowest BCUT2D eigenvalue weighted by Gasteiger charge is -2.21. The Kier molecular flexibility index (Phi) is 8.90. The van der Waals surface area contributed by atoms with Crippen molar-refractivity contribution in [3.05, 3.63) is 24.3 Å². The fraction of sp³-hybridized carbons (Fsp3) is 0.579. The number of benzene rings is 1. The number of hydrogen-bond acceptors (Lipinski definition) is 3. The molecule has 0 spiro atoms. The number of unbranched alkanes of at least 4 members (excludes halogenated alkanes) is 1. The van der Waals surface area contributed by atoms with Gasteiger partial charge < -0.3 is 15.1 Å². The third kappa shape index (κ3) is 6.60. The van der Waals surface area contributed by atoms with E-state index in [-0.39, 0.29) is 11.8 Å². The number of nitrogens with one attached hydrogen (secondary N) is 1. The minimum absolute atomic E-state index is 0.0276. The second-order valence-electron chi connectivity index (χ2n) is 5.88. The highest BCUT2D eigenvalue weighted by Crippen LogP contribution is 2.17. The second kappa shape index (κ2) is 10.7. The first-order chi connectivity index (χ1) is 11.5. The molecule has 0 fully saturated rings. The van der Waals surface area contributed by atoms with E-state index in [1.165, 1.54) is 0 Å². The molecule has 5 nitrogen and oxygen atoms in total. The summed E-state index contributed by atoms with van der Waals surface area (Å²) in [5.41, 5.74) is 1.94. The van der Waals surface area contributed by atoms with E-state index in [1.54, 1.807) is 11.8 Å². The lowest BCUT2D eigenvalue weighted by Crippen LogP contribution is -2.32. The molecule has 2 amide bonds. The molecular weight excluding hydrogens is 302 g/mol. The normalized spacial score (nSPS) is 10.3. The van der Waals surface area contributed by atoms with Gasteiger partial charge >= 0.3 is 0 Å². The van der Waals surface area contributed by atoms with Crippen molar-refractivity contribution in [1.82, 2.24) is 4.90 Å². The number of anilines is 2. The Bertz CT molecular complexity index is 510. The molecule has 1 N–H and O–H groups in total. The highest BCUT2D eigenvalue weighted by atomic mass is 16.2. The fourth-order valence-electron chi connectivity index (χ4n) is 2.58. The summed E-state index contributed by atoms with van der Waals surface area (Å²) in [5.74, 6) is -0.0341. The van der Waals surface area contributed by atoms with Crippen molar-refractivity contribution in [3.63, 3.8) is 0 Å². The molecule has 1 aromatic rings. The predicted molar refractivity (Wildman–Crippen MR) is 100 cm³/mol. The summed E-state index contributed by atoms with van der Waals surface area (Å²) in [7, 11) is 0. The van der Waals surface area contributed by atoms with Gasteiger partial charge in [-0.1, -0.05) is 13.3 Å². The maximum absolute atomic E-state index is 12.1. The molecule has 0 bridgehead atoms. The van der Waals surface area contributed by atoms with E-state index >= 15 is 0 Å². The Morgan fingerprint density at radius 3 is 2.12 bits per heavy atom. The molecule has 0 heterocycles. The van der Waals surface area contributed by atoms with Crippen LogP contribution in [-0.2, 0) is 9.59 Å². The molecule has 5 heteroatoms. The molecule has 0 aliphatic rings. The van der Waals surface area contributed by atoms with Crippen molar-refractivity contribution in [3.8, 4) is 0 Å². The fourth-order valence-corrected chi connectivity index (χ4v) is 2.58. The molecule has 0 saturated carbocycles.